The quantitative estimate of drug-likeness (QED) is 0.332. The van der Waals surface area contributed by atoms with Crippen molar-refractivity contribution >= 4 is 18.3 Å². The summed E-state index contributed by atoms with van der Waals surface area (Å²) in [5.41, 5.74) is 3.79. The van der Waals surface area contributed by atoms with E-state index < -0.39 is 24.2 Å². The Labute approximate surface area is 114 Å². The van der Waals surface area contributed by atoms with Gasteiger partial charge in [0.1, 0.15) is 0 Å². The van der Waals surface area contributed by atoms with Gasteiger partial charge in [0.2, 0.25) is 5.95 Å². The molecular weight excluding hydrogens is 214 g/mol. The molecule has 0 aliphatic rings. The van der Waals surface area contributed by atoms with Crippen LogP contribution in [0.1, 0.15) is 0 Å². The second kappa shape index (κ2) is 4.74. The zero-order valence-electron chi connectivity index (χ0n) is 6.77. The van der Waals surface area contributed by atoms with Crippen molar-refractivity contribution in [3.63, 3.8) is 0 Å². The van der Waals surface area contributed by atoms with Crippen LogP contribution in [0.4, 0.5) is 23.2 Å². The Hall–Kier alpha value is 0.371. The molecule has 0 radical (unpaired) electrons. The molecule has 1 aromatic heterocycles. The standard InChI is InChI=1S/C5H4BF4N2.K/c7-4-2-1-3(5(11)12-4)6(8,9)10;/h1-2H,(H2,11,12);/q-1;+1. The van der Waals surface area contributed by atoms with Gasteiger partial charge in [0.05, 0.1) is 5.82 Å². The molecule has 13 heavy (non-hydrogen) atoms. The second-order valence-corrected chi connectivity index (χ2v) is 2.18. The predicted octanol–water partition coefficient (Wildman–Crippen LogP) is -2.14. The molecule has 0 amide bonds. The Morgan fingerprint density at radius 3 is 2.15 bits per heavy atom. The maximum absolute atomic E-state index is 12.2. The van der Waals surface area contributed by atoms with Gasteiger partial charge in [-0.25, -0.2) is 4.98 Å². The summed E-state index contributed by atoms with van der Waals surface area (Å²) < 4.78 is 48.2. The van der Waals surface area contributed by atoms with Crippen molar-refractivity contribution in [3.8, 4) is 0 Å². The molecule has 1 rings (SSSR count). The molecule has 0 fully saturated rings. The third-order valence-corrected chi connectivity index (χ3v) is 1.28. The molecule has 0 aromatic carbocycles. The third-order valence-electron chi connectivity index (χ3n) is 1.28. The largest absolute Gasteiger partial charge is 1.00 e. The number of anilines is 1. The molecule has 0 saturated heterocycles. The summed E-state index contributed by atoms with van der Waals surface area (Å²) in [5, 5.41) is 0. The van der Waals surface area contributed by atoms with Gasteiger partial charge in [0.25, 0.3) is 0 Å². The Kier molecular flexibility index (Phi) is 4.88. The Morgan fingerprint density at radius 1 is 1.23 bits per heavy atom. The van der Waals surface area contributed by atoms with Crippen LogP contribution in [0.2, 0.25) is 0 Å². The van der Waals surface area contributed by atoms with Crippen molar-refractivity contribution in [2.24, 2.45) is 0 Å². The number of nitrogen functional groups attached to an aromatic ring is 1. The van der Waals surface area contributed by atoms with Crippen LogP contribution >= 0.6 is 0 Å². The molecular formula is C5H4BF4KN2. The third kappa shape index (κ3) is 3.55. The van der Waals surface area contributed by atoms with Crippen LogP contribution in [0.15, 0.2) is 12.1 Å². The minimum atomic E-state index is -5.20. The number of nitrogens with two attached hydrogens (primary N) is 1. The summed E-state index contributed by atoms with van der Waals surface area (Å²) in [4.78, 5) is 2.85. The van der Waals surface area contributed by atoms with Crippen LogP contribution < -0.4 is 62.6 Å². The zero-order valence-corrected chi connectivity index (χ0v) is 9.89. The fourth-order valence-corrected chi connectivity index (χ4v) is 0.738. The van der Waals surface area contributed by atoms with Crippen LogP contribution in [0, 0.1) is 5.95 Å². The molecule has 2 nitrogen and oxygen atoms in total. The van der Waals surface area contributed by atoms with Gasteiger partial charge in [-0.2, -0.15) is 4.39 Å². The van der Waals surface area contributed by atoms with Crippen LogP contribution in [-0.4, -0.2) is 12.0 Å². The number of aromatic nitrogens is 1. The fraction of sp³-hybridized carbons (Fsp3) is 0. The van der Waals surface area contributed by atoms with Gasteiger partial charge in [-0.05, 0) is 6.07 Å². The Bertz CT molecular complexity index is 303. The number of hydrogen-bond donors (Lipinski definition) is 1. The number of halogens is 4. The number of hydrogen-bond acceptors (Lipinski definition) is 2. The summed E-state index contributed by atoms with van der Waals surface area (Å²) >= 11 is 0. The molecule has 0 unspecified atom stereocenters. The average molecular weight is 218 g/mol. The van der Waals surface area contributed by atoms with E-state index in [4.69, 9.17) is 5.73 Å². The van der Waals surface area contributed by atoms with E-state index in [2.05, 4.69) is 4.98 Å². The summed E-state index contributed by atoms with van der Waals surface area (Å²) in [6, 6.07) is 1.21. The van der Waals surface area contributed by atoms with Crippen molar-refractivity contribution in [2.75, 3.05) is 5.73 Å². The number of nitrogens with zero attached hydrogens (tertiary/aromatic N) is 1. The van der Waals surface area contributed by atoms with Gasteiger partial charge < -0.3 is 18.7 Å². The van der Waals surface area contributed by atoms with Gasteiger partial charge >= 0.3 is 58.4 Å². The van der Waals surface area contributed by atoms with E-state index in [1.54, 1.807) is 0 Å². The first-order valence-corrected chi connectivity index (χ1v) is 3.03. The first-order valence-electron chi connectivity index (χ1n) is 3.03. The summed E-state index contributed by atoms with van der Waals surface area (Å²) in [6.07, 6.45) is 0. The smallest absolute Gasteiger partial charge is 0.445 e. The van der Waals surface area contributed by atoms with Gasteiger partial charge in [0.15, 0.2) is 0 Å². The maximum atomic E-state index is 12.2. The predicted molar refractivity (Wildman–Crippen MR) is 37.3 cm³/mol. The molecule has 1 heterocycles. The van der Waals surface area contributed by atoms with E-state index in [0.717, 1.165) is 0 Å². The topological polar surface area (TPSA) is 38.9 Å². The Balaban J connectivity index is 0.00000144. The first kappa shape index (κ1) is 13.4. The summed E-state index contributed by atoms with van der Waals surface area (Å²) in [6.45, 7) is -5.20. The van der Waals surface area contributed by atoms with Crippen molar-refractivity contribution in [3.05, 3.63) is 18.1 Å². The van der Waals surface area contributed by atoms with Crippen molar-refractivity contribution in [1.82, 2.24) is 4.98 Å². The zero-order chi connectivity index (χ0) is 9.35. The molecule has 0 atom stereocenters. The monoisotopic (exact) mass is 218 g/mol. The van der Waals surface area contributed by atoms with Gasteiger partial charge in [0, 0.05) is 0 Å². The average Bonchev–Trinajstić information content (AvgIpc) is 1.83. The number of rotatable bonds is 1. The van der Waals surface area contributed by atoms with E-state index in [1.807, 2.05) is 0 Å². The number of pyridine rings is 1. The summed E-state index contributed by atoms with van der Waals surface area (Å²) in [5.74, 6) is -1.83. The van der Waals surface area contributed by atoms with Crippen LogP contribution in [0.3, 0.4) is 0 Å². The van der Waals surface area contributed by atoms with E-state index in [9.17, 15) is 17.3 Å². The van der Waals surface area contributed by atoms with Crippen LogP contribution in [0.5, 0.6) is 0 Å². The van der Waals surface area contributed by atoms with Gasteiger partial charge in [-0.3, -0.25) is 0 Å². The normalized spacial score (nSPS) is 10.8. The maximum Gasteiger partial charge on any atom is 1.00 e. The van der Waals surface area contributed by atoms with E-state index >= 15 is 0 Å². The van der Waals surface area contributed by atoms with E-state index in [-0.39, 0.29) is 51.4 Å². The summed E-state index contributed by atoms with van der Waals surface area (Å²) in [7, 11) is 0. The second-order valence-electron chi connectivity index (χ2n) is 2.18. The molecule has 2 N–H and O–H groups in total. The molecule has 1 aromatic rings. The van der Waals surface area contributed by atoms with Crippen LogP contribution in [-0.2, 0) is 0 Å². The molecule has 0 bridgehead atoms. The van der Waals surface area contributed by atoms with Gasteiger partial charge in [-0.1, -0.05) is 11.5 Å². The minimum absolute atomic E-state index is 0. The fourth-order valence-electron chi connectivity index (χ4n) is 0.738. The van der Waals surface area contributed by atoms with Crippen LogP contribution in [0.25, 0.3) is 0 Å². The molecule has 0 spiro atoms. The van der Waals surface area contributed by atoms with Crippen molar-refractivity contribution < 1.29 is 68.7 Å². The Morgan fingerprint density at radius 2 is 1.77 bits per heavy atom. The molecule has 66 valence electrons. The molecule has 0 aliphatic heterocycles. The minimum Gasteiger partial charge on any atom is -0.445 e. The van der Waals surface area contributed by atoms with Crippen molar-refractivity contribution in [2.45, 2.75) is 0 Å². The molecule has 8 heteroatoms. The SMILES string of the molecule is Nc1nc(F)ccc1[B-](F)(F)F.[K+]. The van der Waals surface area contributed by atoms with Crippen molar-refractivity contribution in [1.29, 1.82) is 0 Å². The van der Waals surface area contributed by atoms with E-state index in [1.165, 1.54) is 0 Å². The van der Waals surface area contributed by atoms with E-state index in [0.29, 0.717) is 12.1 Å². The molecule has 0 saturated carbocycles. The first-order chi connectivity index (χ1) is 5.41. The molecule has 0 aliphatic carbocycles. The van der Waals surface area contributed by atoms with Gasteiger partial charge in [-0.15, -0.1) is 0 Å².